The van der Waals surface area contributed by atoms with Gasteiger partial charge in [-0.1, -0.05) is 133 Å². The topological polar surface area (TPSA) is 18.5 Å². The molecule has 3 heteroatoms. The predicted molar refractivity (Wildman–Crippen MR) is 146 cm³/mol. The Morgan fingerprint density at radius 2 is 1.21 bits per heavy atom. The quantitative estimate of drug-likeness (QED) is 0.197. The van der Waals surface area contributed by atoms with E-state index in [-0.39, 0.29) is 12.5 Å². The fourth-order valence-electron chi connectivity index (χ4n) is 6.39. The van der Waals surface area contributed by atoms with Crippen LogP contribution in [-0.2, 0) is 14.7 Å². The lowest BCUT2D eigenvalue weighted by Crippen LogP contribution is -2.40. The molecule has 2 aliphatic rings. The molecule has 0 unspecified atom stereocenters. The van der Waals surface area contributed by atoms with Gasteiger partial charge < -0.3 is 9.31 Å². The van der Waals surface area contributed by atoms with Crippen LogP contribution in [0, 0.1) is 0 Å². The maximum atomic E-state index is 6.07. The van der Waals surface area contributed by atoms with Crippen LogP contribution in [0.15, 0.2) is 42.5 Å². The van der Waals surface area contributed by atoms with Crippen LogP contribution in [0.4, 0.5) is 0 Å². The Balaban J connectivity index is 1.64. The molecule has 0 amide bonds. The van der Waals surface area contributed by atoms with Gasteiger partial charge in [0.15, 0.2) is 0 Å². The van der Waals surface area contributed by atoms with Crippen LogP contribution < -0.4 is 5.46 Å². The summed E-state index contributed by atoms with van der Waals surface area (Å²) in [4.78, 5) is 0. The van der Waals surface area contributed by atoms with E-state index in [0.717, 1.165) is 0 Å². The van der Waals surface area contributed by atoms with Gasteiger partial charge in [0.05, 0.1) is 13.2 Å². The Kier molecular flexibility index (Phi) is 9.71. The number of fused-ring (bicyclic) bond motifs is 3. The molecule has 0 aromatic heterocycles. The monoisotopic (exact) mass is 460 g/mol. The first-order valence-electron chi connectivity index (χ1n) is 14.3. The van der Waals surface area contributed by atoms with E-state index in [4.69, 9.17) is 9.31 Å². The first-order valence-corrected chi connectivity index (χ1v) is 14.3. The van der Waals surface area contributed by atoms with E-state index in [1.54, 1.807) is 5.56 Å². The largest absolute Gasteiger partial charge is 0.494 e. The zero-order chi connectivity index (χ0) is 23.6. The second-order valence-electron chi connectivity index (χ2n) is 10.5. The van der Waals surface area contributed by atoms with E-state index in [0.29, 0.717) is 13.2 Å². The summed E-state index contributed by atoms with van der Waals surface area (Å²) in [5, 5.41) is 0. The average molecular weight is 461 g/mol. The third-order valence-electron chi connectivity index (χ3n) is 8.10. The molecule has 2 nitrogen and oxygen atoms in total. The van der Waals surface area contributed by atoms with Crippen LogP contribution >= 0.6 is 0 Å². The average Bonchev–Trinajstić information content (AvgIpc) is 3.50. The van der Waals surface area contributed by atoms with Crippen molar-refractivity contribution in [3.05, 3.63) is 53.6 Å². The van der Waals surface area contributed by atoms with Crippen LogP contribution in [0.25, 0.3) is 11.1 Å². The molecule has 4 rings (SSSR count). The summed E-state index contributed by atoms with van der Waals surface area (Å²) in [5.74, 6) is 0. The van der Waals surface area contributed by atoms with Gasteiger partial charge in [0, 0.05) is 5.41 Å². The number of unbranched alkanes of at least 4 members (excludes halogenated alkanes) is 10. The molecule has 0 bridgehead atoms. The number of hydrogen-bond acceptors (Lipinski definition) is 2. The van der Waals surface area contributed by atoms with Crippen molar-refractivity contribution in [3.8, 4) is 11.1 Å². The van der Waals surface area contributed by atoms with Gasteiger partial charge in [-0.3, -0.25) is 0 Å². The molecule has 2 aromatic carbocycles. The molecule has 184 valence electrons. The first kappa shape index (κ1) is 25.5. The van der Waals surface area contributed by atoms with Gasteiger partial charge in [-0.05, 0) is 40.6 Å². The Morgan fingerprint density at radius 3 is 1.85 bits per heavy atom. The van der Waals surface area contributed by atoms with Gasteiger partial charge in [0.1, 0.15) is 0 Å². The number of rotatable bonds is 15. The highest BCUT2D eigenvalue weighted by atomic mass is 16.6. The number of hydrogen-bond donors (Lipinski definition) is 0. The molecule has 0 spiro atoms. The van der Waals surface area contributed by atoms with Gasteiger partial charge in [-0.25, -0.2) is 0 Å². The minimum Gasteiger partial charge on any atom is -0.405 e. The SMILES string of the molecule is CCCCCCCCC1(CCCCCCCC)c2ccccc2-c2cccc(B3OCCO3)c21. The van der Waals surface area contributed by atoms with Crippen LogP contribution in [0.5, 0.6) is 0 Å². The van der Waals surface area contributed by atoms with E-state index in [1.807, 2.05) is 0 Å². The van der Waals surface area contributed by atoms with Crippen molar-refractivity contribution >= 4 is 12.6 Å². The second kappa shape index (κ2) is 12.9. The van der Waals surface area contributed by atoms with E-state index in [1.165, 1.54) is 112 Å². The molecule has 1 heterocycles. The Morgan fingerprint density at radius 1 is 0.647 bits per heavy atom. The maximum absolute atomic E-state index is 6.07. The normalized spacial score (nSPS) is 16.1. The number of benzene rings is 2. The highest BCUT2D eigenvalue weighted by molar-refractivity contribution is 6.62. The van der Waals surface area contributed by atoms with Crippen molar-refractivity contribution in [2.75, 3.05) is 13.2 Å². The lowest BCUT2D eigenvalue weighted by Gasteiger charge is -2.34. The van der Waals surface area contributed by atoms with E-state index >= 15 is 0 Å². The lowest BCUT2D eigenvalue weighted by atomic mass is 9.63. The highest BCUT2D eigenvalue weighted by Gasteiger charge is 2.46. The van der Waals surface area contributed by atoms with Gasteiger partial charge in [-0.15, -0.1) is 0 Å². The Bertz CT molecular complexity index is 871. The smallest absolute Gasteiger partial charge is 0.405 e. The van der Waals surface area contributed by atoms with E-state index in [9.17, 15) is 0 Å². The van der Waals surface area contributed by atoms with Gasteiger partial charge in [0.25, 0.3) is 0 Å². The zero-order valence-electron chi connectivity index (χ0n) is 21.7. The van der Waals surface area contributed by atoms with Crippen molar-refractivity contribution in [3.63, 3.8) is 0 Å². The van der Waals surface area contributed by atoms with Crippen molar-refractivity contribution in [1.82, 2.24) is 0 Å². The summed E-state index contributed by atoms with van der Waals surface area (Å²) in [6.45, 7) is 6.00. The summed E-state index contributed by atoms with van der Waals surface area (Å²) in [6, 6.07) is 16.1. The molecular formula is C31H45BO2. The Labute approximate surface area is 209 Å². The molecule has 1 aliphatic carbocycles. The summed E-state index contributed by atoms with van der Waals surface area (Å²) in [5.41, 5.74) is 7.30. The molecule has 0 atom stereocenters. The third-order valence-corrected chi connectivity index (χ3v) is 8.10. The minimum absolute atomic E-state index is 0.0906. The fourth-order valence-corrected chi connectivity index (χ4v) is 6.39. The second-order valence-corrected chi connectivity index (χ2v) is 10.5. The first-order chi connectivity index (χ1) is 16.8. The lowest BCUT2D eigenvalue weighted by molar-refractivity contribution is 0.365. The zero-order valence-corrected chi connectivity index (χ0v) is 21.7. The van der Waals surface area contributed by atoms with Gasteiger partial charge in [0.2, 0.25) is 0 Å². The fraction of sp³-hybridized carbons (Fsp3) is 0.613. The highest BCUT2D eigenvalue weighted by Crippen LogP contribution is 2.53. The third kappa shape index (κ3) is 5.63. The minimum atomic E-state index is -0.210. The molecule has 2 aromatic rings. The molecule has 0 N–H and O–H groups in total. The Hall–Kier alpha value is -1.58. The van der Waals surface area contributed by atoms with Crippen molar-refractivity contribution in [2.24, 2.45) is 0 Å². The standard InChI is InChI=1S/C31H45BO2/c1-3-5-7-9-11-15-22-31(23-16-12-10-8-6-4-2)28-20-14-13-18-26(28)27-19-17-21-29(30(27)31)32-33-24-25-34-32/h13-14,17-21H,3-12,15-16,22-25H2,1-2H3. The molecular weight excluding hydrogens is 415 g/mol. The van der Waals surface area contributed by atoms with E-state index in [2.05, 4.69) is 56.3 Å². The van der Waals surface area contributed by atoms with Crippen molar-refractivity contribution < 1.29 is 9.31 Å². The summed E-state index contributed by atoms with van der Waals surface area (Å²) in [7, 11) is -0.210. The molecule has 0 radical (unpaired) electrons. The predicted octanol–water partition coefficient (Wildman–Crippen LogP) is 8.20. The summed E-state index contributed by atoms with van der Waals surface area (Å²) < 4.78 is 12.1. The molecule has 1 fully saturated rings. The van der Waals surface area contributed by atoms with Crippen LogP contribution in [-0.4, -0.2) is 20.3 Å². The molecule has 1 aliphatic heterocycles. The summed E-state index contributed by atoms with van der Waals surface area (Å²) in [6.07, 6.45) is 18.6. The maximum Gasteiger partial charge on any atom is 0.494 e. The van der Waals surface area contributed by atoms with Gasteiger partial charge in [-0.2, -0.15) is 0 Å². The van der Waals surface area contributed by atoms with Crippen LogP contribution in [0.1, 0.15) is 115 Å². The molecule has 1 saturated heterocycles. The molecule has 34 heavy (non-hydrogen) atoms. The van der Waals surface area contributed by atoms with Gasteiger partial charge >= 0.3 is 7.12 Å². The summed E-state index contributed by atoms with van der Waals surface area (Å²) >= 11 is 0. The van der Waals surface area contributed by atoms with Crippen LogP contribution in [0.2, 0.25) is 0 Å². The molecule has 0 saturated carbocycles. The van der Waals surface area contributed by atoms with Crippen molar-refractivity contribution in [2.45, 2.75) is 109 Å². The van der Waals surface area contributed by atoms with Crippen molar-refractivity contribution in [1.29, 1.82) is 0 Å². The van der Waals surface area contributed by atoms with E-state index < -0.39 is 0 Å². The van der Waals surface area contributed by atoms with Crippen LogP contribution in [0.3, 0.4) is 0 Å².